The van der Waals surface area contributed by atoms with E-state index in [1.807, 2.05) is 56.9 Å². The maximum absolute atomic E-state index is 13.5. The maximum Gasteiger partial charge on any atom is 0.410 e. The molecule has 1 saturated heterocycles. The second kappa shape index (κ2) is 12.8. The van der Waals surface area contributed by atoms with E-state index in [1.54, 1.807) is 24.4 Å². The zero-order valence-electron chi connectivity index (χ0n) is 24.2. The van der Waals surface area contributed by atoms with Gasteiger partial charge in [0, 0.05) is 56.3 Å². The zero-order valence-corrected chi connectivity index (χ0v) is 24.2. The minimum atomic E-state index is -0.530. The minimum absolute atomic E-state index is 0.0488. The van der Waals surface area contributed by atoms with Gasteiger partial charge in [0.1, 0.15) is 5.60 Å². The van der Waals surface area contributed by atoms with E-state index in [-0.39, 0.29) is 42.5 Å². The number of hydrogen-bond acceptors (Lipinski definition) is 7. The highest BCUT2D eigenvalue weighted by Gasteiger charge is 2.40. The first-order valence-corrected chi connectivity index (χ1v) is 14.0. The summed E-state index contributed by atoms with van der Waals surface area (Å²) in [7, 11) is 1.61. The maximum atomic E-state index is 13.5. The van der Waals surface area contributed by atoms with E-state index in [4.69, 9.17) is 9.47 Å². The Balaban J connectivity index is 1.35. The number of hydrogen-bond donors (Lipinski definition) is 1. The molecule has 1 aromatic carbocycles. The Kier molecular flexibility index (Phi) is 9.40. The molecule has 1 aliphatic heterocycles. The number of nitrogens with one attached hydrogen (secondary N) is 1. The van der Waals surface area contributed by atoms with Crippen LogP contribution in [0.4, 0.5) is 4.79 Å². The average Bonchev–Trinajstić information content (AvgIpc) is 3.74. The predicted octanol–water partition coefficient (Wildman–Crippen LogP) is 3.84. The van der Waals surface area contributed by atoms with E-state index >= 15 is 0 Å². The number of methoxy groups -OCH3 is 1. The van der Waals surface area contributed by atoms with E-state index in [0.29, 0.717) is 31.1 Å². The molecule has 1 aromatic heterocycles. The molecule has 0 spiro atoms. The molecule has 0 bridgehead atoms. The molecule has 2 heterocycles. The van der Waals surface area contributed by atoms with Crippen LogP contribution in [-0.2, 0) is 20.7 Å². The fourth-order valence-electron chi connectivity index (χ4n) is 4.95. The molecule has 2 aliphatic rings. The first-order valence-electron chi connectivity index (χ1n) is 14.0. The fourth-order valence-corrected chi connectivity index (χ4v) is 4.95. The Morgan fingerprint density at radius 1 is 1.02 bits per heavy atom. The lowest BCUT2D eigenvalue weighted by Gasteiger charge is -2.39. The van der Waals surface area contributed by atoms with Crippen molar-refractivity contribution in [2.24, 2.45) is 0 Å². The molecule has 1 atom stereocenters. The van der Waals surface area contributed by atoms with E-state index in [2.05, 4.69) is 15.3 Å². The van der Waals surface area contributed by atoms with Gasteiger partial charge in [-0.15, -0.1) is 0 Å². The quantitative estimate of drug-likeness (QED) is 0.504. The summed E-state index contributed by atoms with van der Waals surface area (Å²) in [4.78, 5) is 50.9. The lowest BCUT2D eigenvalue weighted by atomic mass is 10.0. The summed E-state index contributed by atoms with van der Waals surface area (Å²) in [6.07, 6.45) is 6.58. The zero-order chi connectivity index (χ0) is 28.9. The van der Waals surface area contributed by atoms with Crippen LogP contribution >= 0.6 is 0 Å². The van der Waals surface area contributed by atoms with Crippen molar-refractivity contribution < 1.29 is 23.9 Å². The Labute approximate surface area is 236 Å². The summed E-state index contributed by atoms with van der Waals surface area (Å²) in [5, 5.41) is 2.90. The van der Waals surface area contributed by atoms with Crippen LogP contribution in [0.15, 0.2) is 36.7 Å². The first-order chi connectivity index (χ1) is 19.0. The molecule has 2 aromatic rings. The Morgan fingerprint density at radius 3 is 2.17 bits per heavy atom. The van der Waals surface area contributed by atoms with Crippen LogP contribution in [0.25, 0.3) is 11.4 Å². The SMILES string of the molecule is COCC(C)NC(=O)Cc1ccc(-c2ncc(C(=O)N(C3CC3)C3CCN(C(=O)OC(C)(C)C)CC3)cn2)cc1. The van der Waals surface area contributed by atoms with Gasteiger partial charge in [-0.05, 0) is 58.9 Å². The second-order valence-corrected chi connectivity index (χ2v) is 11.7. The van der Waals surface area contributed by atoms with Crippen LogP contribution < -0.4 is 5.32 Å². The van der Waals surface area contributed by atoms with Gasteiger partial charge >= 0.3 is 6.09 Å². The van der Waals surface area contributed by atoms with Gasteiger partial charge in [-0.1, -0.05) is 24.3 Å². The van der Waals surface area contributed by atoms with Gasteiger partial charge in [0.2, 0.25) is 5.91 Å². The molecule has 1 unspecified atom stereocenters. The number of rotatable bonds is 9. The second-order valence-electron chi connectivity index (χ2n) is 11.7. The van der Waals surface area contributed by atoms with Crippen molar-refractivity contribution in [1.82, 2.24) is 25.1 Å². The molecule has 3 amide bonds. The molecule has 216 valence electrons. The van der Waals surface area contributed by atoms with Crippen molar-refractivity contribution in [3.63, 3.8) is 0 Å². The van der Waals surface area contributed by atoms with Gasteiger partial charge in [0.05, 0.1) is 18.6 Å². The van der Waals surface area contributed by atoms with Crippen molar-refractivity contribution in [3.05, 3.63) is 47.8 Å². The first kappa shape index (κ1) is 29.5. The van der Waals surface area contributed by atoms with Crippen LogP contribution in [0.3, 0.4) is 0 Å². The Hall–Kier alpha value is -3.53. The van der Waals surface area contributed by atoms with Crippen LogP contribution in [0.2, 0.25) is 0 Å². The number of benzene rings is 1. The highest BCUT2D eigenvalue weighted by atomic mass is 16.6. The van der Waals surface area contributed by atoms with Crippen LogP contribution in [0, 0.1) is 0 Å². The van der Waals surface area contributed by atoms with Gasteiger partial charge in [0.15, 0.2) is 5.82 Å². The van der Waals surface area contributed by atoms with E-state index in [1.165, 1.54) is 0 Å². The normalized spacial score (nSPS) is 16.8. The third-order valence-electron chi connectivity index (χ3n) is 6.98. The van der Waals surface area contributed by atoms with Gasteiger partial charge in [-0.2, -0.15) is 0 Å². The molecule has 1 saturated carbocycles. The van der Waals surface area contributed by atoms with Crippen LogP contribution in [0.5, 0.6) is 0 Å². The van der Waals surface area contributed by atoms with E-state index < -0.39 is 5.60 Å². The van der Waals surface area contributed by atoms with Crippen molar-refractivity contribution in [3.8, 4) is 11.4 Å². The third kappa shape index (κ3) is 8.00. The average molecular weight is 552 g/mol. The summed E-state index contributed by atoms with van der Waals surface area (Å²) >= 11 is 0. The summed E-state index contributed by atoms with van der Waals surface area (Å²) in [6.45, 7) is 9.08. The summed E-state index contributed by atoms with van der Waals surface area (Å²) in [5.41, 5.74) is 1.63. The predicted molar refractivity (Wildman–Crippen MR) is 151 cm³/mol. The summed E-state index contributed by atoms with van der Waals surface area (Å²) in [5.74, 6) is 0.394. The Morgan fingerprint density at radius 2 is 1.62 bits per heavy atom. The number of nitrogens with zero attached hydrogens (tertiary/aromatic N) is 4. The largest absolute Gasteiger partial charge is 0.444 e. The number of piperidine rings is 1. The lowest BCUT2D eigenvalue weighted by molar-refractivity contribution is -0.121. The Bertz CT molecular complexity index is 1170. The van der Waals surface area contributed by atoms with Crippen LogP contribution in [-0.4, -0.2) is 88.2 Å². The topological polar surface area (TPSA) is 114 Å². The van der Waals surface area contributed by atoms with Crippen molar-refractivity contribution >= 4 is 17.9 Å². The van der Waals surface area contributed by atoms with Gasteiger partial charge < -0.3 is 24.6 Å². The molecule has 4 rings (SSSR count). The summed E-state index contributed by atoms with van der Waals surface area (Å²) in [6, 6.07) is 7.79. The number of carbonyl (C=O) groups excluding carboxylic acids is 3. The van der Waals surface area contributed by atoms with E-state index in [9.17, 15) is 14.4 Å². The molecular weight excluding hydrogens is 510 g/mol. The molecule has 1 aliphatic carbocycles. The van der Waals surface area contributed by atoms with Crippen molar-refractivity contribution in [2.75, 3.05) is 26.8 Å². The van der Waals surface area contributed by atoms with Gasteiger partial charge in [-0.3, -0.25) is 9.59 Å². The molecule has 10 nitrogen and oxygen atoms in total. The molecule has 2 fully saturated rings. The minimum Gasteiger partial charge on any atom is -0.444 e. The monoisotopic (exact) mass is 551 g/mol. The molecule has 1 N–H and O–H groups in total. The third-order valence-corrected chi connectivity index (χ3v) is 6.98. The molecule has 0 radical (unpaired) electrons. The van der Waals surface area contributed by atoms with Crippen molar-refractivity contribution in [2.45, 2.75) is 83.5 Å². The number of carbonyl (C=O) groups is 3. The standard InChI is InChI=1S/C30H41N5O5/c1-20(19-39-5)33-26(36)16-21-6-8-22(9-7-21)27-31-17-23(18-32-27)28(37)35(24-10-11-24)25-12-14-34(15-13-25)29(38)40-30(2,3)4/h6-9,17-18,20,24-25H,10-16,19H2,1-5H3,(H,33,36). The fraction of sp³-hybridized carbons (Fsp3) is 0.567. The molecule has 40 heavy (non-hydrogen) atoms. The summed E-state index contributed by atoms with van der Waals surface area (Å²) < 4.78 is 10.6. The lowest BCUT2D eigenvalue weighted by Crippen LogP contribution is -2.50. The highest BCUT2D eigenvalue weighted by molar-refractivity contribution is 5.94. The van der Waals surface area contributed by atoms with Gasteiger partial charge in [-0.25, -0.2) is 14.8 Å². The van der Waals surface area contributed by atoms with E-state index in [0.717, 1.165) is 36.8 Å². The number of aromatic nitrogens is 2. The number of likely N-dealkylation sites (tertiary alicyclic amines) is 1. The van der Waals surface area contributed by atoms with Gasteiger partial charge in [0.25, 0.3) is 5.91 Å². The number of amides is 3. The highest BCUT2D eigenvalue weighted by Crippen LogP contribution is 2.33. The number of ether oxygens (including phenoxy) is 2. The smallest absolute Gasteiger partial charge is 0.410 e. The molecule has 10 heteroatoms. The molecular formula is C30H41N5O5. The van der Waals surface area contributed by atoms with Crippen LogP contribution in [0.1, 0.15) is 69.3 Å². The van der Waals surface area contributed by atoms with Crippen molar-refractivity contribution in [1.29, 1.82) is 0 Å².